The Bertz CT molecular complexity index is 390. The lowest BCUT2D eigenvalue weighted by Crippen LogP contribution is -2.13. The van der Waals surface area contributed by atoms with Crippen LogP contribution in [-0.2, 0) is 11.3 Å². The Balaban J connectivity index is 2.70. The summed E-state index contributed by atoms with van der Waals surface area (Å²) in [5.41, 5.74) is 0.254. The molecule has 21 heavy (non-hydrogen) atoms. The Labute approximate surface area is 128 Å². The second-order valence-corrected chi connectivity index (χ2v) is 6.23. The van der Waals surface area contributed by atoms with E-state index >= 15 is 0 Å². The Morgan fingerprint density at radius 1 is 1.19 bits per heavy atom. The van der Waals surface area contributed by atoms with Crippen LogP contribution in [0.25, 0.3) is 0 Å². The SMILES string of the molecule is CCCNc1cc(OCCC(C)(C)C)nc(COCC)n1. The minimum Gasteiger partial charge on any atom is -0.478 e. The lowest BCUT2D eigenvalue weighted by atomic mass is 9.93. The summed E-state index contributed by atoms with van der Waals surface area (Å²) in [5.74, 6) is 2.07. The van der Waals surface area contributed by atoms with Gasteiger partial charge in [0.1, 0.15) is 12.4 Å². The van der Waals surface area contributed by atoms with Crippen molar-refractivity contribution < 1.29 is 9.47 Å². The zero-order valence-corrected chi connectivity index (χ0v) is 14.0. The number of ether oxygens (including phenoxy) is 2. The molecule has 1 rings (SSSR count). The fourth-order valence-electron chi connectivity index (χ4n) is 1.61. The topological polar surface area (TPSA) is 56.3 Å². The minimum absolute atomic E-state index is 0.254. The van der Waals surface area contributed by atoms with Gasteiger partial charge in [-0.1, -0.05) is 27.7 Å². The molecule has 0 aromatic carbocycles. The van der Waals surface area contributed by atoms with Gasteiger partial charge in [0.2, 0.25) is 5.88 Å². The van der Waals surface area contributed by atoms with Crippen molar-refractivity contribution in [3.8, 4) is 5.88 Å². The lowest BCUT2D eigenvalue weighted by Gasteiger charge is -2.18. The number of nitrogens with zero attached hydrogens (tertiary/aromatic N) is 2. The van der Waals surface area contributed by atoms with E-state index in [1.54, 1.807) is 0 Å². The summed E-state index contributed by atoms with van der Waals surface area (Å²) in [7, 11) is 0. The predicted molar refractivity (Wildman–Crippen MR) is 85.7 cm³/mol. The number of rotatable bonds is 9. The first kappa shape index (κ1) is 17.7. The molecule has 1 heterocycles. The Morgan fingerprint density at radius 2 is 1.95 bits per heavy atom. The molecule has 1 aromatic heterocycles. The van der Waals surface area contributed by atoms with Gasteiger partial charge in [0, 0.05) is 19.2 Å². The van der Waals surface area contributed by atoms with Gasteiger partial charge in [0.15, 0.2) is 5.82 Å². The normalized spacial score (nSPS) is 11.5. The highest BCUT2D eigenvalue weighted by atomic mass is 16.5. The van der Waals surface area contributed by atoms with Gasteiger partial charge in [0.05, 0.1) is 6.61 Å². The largest absolute Gasteiger partial charge is 0.478 e. The van der Waals surface area contributed by atoms with Crippen LogP contribution in [0.3, 0.4) is 0 Å². The van der Waals surface area contributed by atoms with Gasteiger partial charge in [0.25, 0.3) is 0 Å². The van der Waals surface area contributed by atoms with Crippen molar-refractivity contribution in [1.82, 2.24) is 9.97 Å². The molecule has 0 bridgehead atoms. The van der Waals surface area contributed by atoms with Gasteiger partial charge >= 0.3 is 0 Å². The maximum atomic E-state index is 5.78. The molecule has 0 spiro atoms. The van der Waals surface area contributed by atoms with Crippen LogP contribution >= 0.6 is 0 Å². The van der Waals surface area contributed by atoms with E-state index in [1.165, 1.54) is 0 Å². The summed E-state index contributed by atoms with van der Waals surface area (Å²) in [5, 5.41) is 3.27. The van der Waals surface area contributed by atoms with Crippen molar-refractivity contribution in [3.05, 3.63) is 11.9 Å². The number of nitrogens with one attached hydrogen (secondary N) is 1. The fourth-order valence-corrected chi connectivity index (χ4v) is 1.61. The molecule has 0 saturated carbocycles. The Morgan fingerprint density at radius 3 is 2.57 bits per heavy atom. The van der Waals surface area contributed by atoms with Crippen LogP contribution in [0.5, 0.6) is 5.88 Å². The third-order valence-electron chi connectivity index (χ3n) is 2.84. The minimum atomic E-state index is 0.254. The van der Waals surface area contributed by atoms with E-state index in [-0.39, 0.29) is 5.41 Å². The highest BCUT2D eigenvalue weighted by Gasteiger charge is 2.11. The van der Waals surface area contributed by atoms with Crippen LogP contribution in [0.4, 0.5) is 5.82 Å². The van der Waals surface area contributed by atoms with E-state index in [4.69, 9.17) is 9.47 Å². The number of anilines is 1. The van der Waals surface area contributed by atoms with Gasteiger partial charge in [-0.25, -0.2) is 4.98 Å². The standard InChI is InChI=1S/C16H29N3O2/c1-6-9-17-13-11-15(21-10-8-16(3,4)5)19-14(18-13)12-20-7-2/h11H,6-10,12H2,1-5H3,(H,17,18,19). The second-order valence-electron chi connectivity index (χ2n) is 6.23. The molecule has 0 amide bonds. The molecule has 1 aromatic rings. The fraction of sp³-hybridized carbons (Fsp3) is 0.750. The molecular formula is C16H29N3O2. The zero-order chi connectivity index (χ0) is 15.7. The van der Waals surface area contributed by atoms with Crippen LogP contribution in [0.2, 0.25) is 0 Å². The average molecular weight is 295 g/mol. The first-order chi connectivity index (χ1) is 9.94. The van der Waals surface area contributed by atoms with Crippen LogP contribution in [0.15, 0.2) is 6.07 Å². The Kier molecular flexibility index (Phi) is 7.43. The quantitative estimate of drug-likeness (QED) is 0.753. The molecule has 0 fully saturated rings. The van der Waals surface area contributed by atoms with Gasteiger partial charge in [-0.2, -0.15) is 4.98 Å². The van der Waals surface area contributed by atoms with Gasteiger partial charge < -0.3 is 14.8 Å². The van der Waals surface area contributed by atoms with Crippen molar-refractivity contribution >= 4 is 5.82 Å². The Hall–Kier alpha value is -1.36. The van der Waals surface area contributed by atoms with Crippen LogP contribution in [0, 0.1) is 5.41 Å². The summed E-state index contributed by atoms with van der Waals surface area (Å²) in [6.07, 6.45) is 2.03. The maximum absolute atomic E-state index is 5.78. The van der Waals surface area contributed by atoms with Crippen molar-refractivity contribution in [3.63, 3.8) is 0 Å². The smallest absolute Gasteiger partial charge is 0.218 e. The monoisotopic (exact) mass is 295 g/mol. The first-order valence-corrected chi connectivity index (χ1v) is 7.77. The predicted octanol–water partition coefficient (Wildman–Crippen LogP) is 3.65. The van der Waals surface area contributed by atoms with E-state index in [0.29, 0.717) is 31.5 Å². The summed E-state index contributed by atoms with van der Waals surface area (Å²) in [6.45, 7) is 13.3. The van der Waals surface area contributed by atoms with E-state index in [2.05, 4.69) is 43.0 Å². The van der Waals surface area contributed by atoms with Crippen molar-refractivity contribution in [1.29, 1.82) is 0 Å². The van der Waals surface area contributed by atoms with Crippen molar-refractivity contribution in [2.24, 2.45) is 5.41 Å². The van der Waals surface area contributed by atoms with E-state index in [1.807, 2.05) is 13.0 Å². The number of hydrogen-bond acceptors (Lipinski definition) is 5. The van der Waals surface area contributed by atoms with Gasteiger partial charge in [-0.3, -0.25) is 0 Å². The molecule has 5 heteroatoms. The third kappa shape index (κ3) is 7.85. The zero-order valence-electron chi connectivity index (χ0n) is 14.0. The molecule has 0 radical (unpaired) electrons. The lowest BCUT2D eigenvalue weighted by molar-refractivity contribution is 0.127. The summed E-state index contributed by atoms with van der Waals surface area (Å²) in [4.78, 5) is 8.84. The highest BCUT2D eigenvalue weighted by Crippen LogP contribution is 2.20. The average Bonchev–Trinajstić information content (AvgIpc) is 2.41. The van der Waals surface area contributed by atoms with Crippen LogP contribution in [0.1, 0.15) is 53.3 Å². The van der Waals surface area contributed by atoms with Gasteiger partial charge in [-0.15, -0.1) is 0 Å². The van der Waals surface area contributed by atoms with Crippen molar-refractivity contribution in [2.75, 3.05) is 25.1 Å². The molecule has 0 aliphatic carbocycles. The molecule has 5 nitrogen and oxygen atoms in total. The molecule has 120 valence electrons. The summed E-state index contributed by atoms with van der Waals surface area (Å²) >= 11 is 0. The molecule has 0 aliphatic rings. The molecule has 0 unspecified atom stereocenters. The molecular weight excluding hydrogens is 266 g/mol. The molecule has 1 N–H and O–H groups in total. The number of hydrogen-bond donors (Lipinski definition) is 1. The van der Waals surface area contributed by atoms with Crippen LogP contribution in [-0.4, -0.2) is 29.7 Å². The van der Waals surface area contributed by atoms with Gasteiger partial charge in [-0.05, 0) is 25.2 Å². The maximum Gasteiger partial charge on any atom is 0.218 e. The van der Waals surface area contributed by atoms with Crippen molar-refractivity contribution in [2.45, 2.75) is 54.1 Å². The third-order valence-corrected chi connectivity index (χ3v) is 2.84. The van der Waals surface area contributed by atoms with E-state index in [0.717, 1.165) is 25.2 Å². The second kappa shape index (κ2) is 8.82. The van der Waals surface area contributed by atoms with Crippen LogP contribution < -0.4 is 10.1 Å². The molecule has 0 atom stereocenters. The summed E-state index contributed by atoms with van der Waals surface area (Å²) < 4.78 is 11.2. The first-order valence-electron chi connectivity index (χ1n) is 7.77. The molecule has 0 saturated heterocycles. The van der Waals surface area contributed by atoms with E-state index < -0.39 is 0 Å². The van der Waals surface area contributed by atoms with E-state index in [9.17, 15) is 0 Å². The number of aromatic nitrogens is 2. The molecule has 0 aliphatic heterocycles. The summed E-state index contributed by atoms with van der Waals surface area (Å²) in [6, 6.07) is 1.85. The highest BCUT2D eigenvalue weighted by molar-refractivity contribution is 5.38.